The fourth-order valence-electron chi connectivity index (χ4n) is 2.16. The Morgan fingerprint density at radius 1 is 1.50 bits per heavy atom. The van der Waals surface area contributed by atoms with E-state index in [1.165, 1.54) is 4.90 Å². The van der Waals surface area contributed by atoms with E-state index in [9.17, 15) is 22.4 Å². The van der Waals surface area contributed by atoms with E-state index in [2.05, 4.69) is 21.2 Å². The summed E-state index contributed by atoms with van der Waals surface area (Å²) in [6.07, 6.45) is 0.111. The van der Waals surface area contributed by atoms with E-state index >= 15 is 0 Å². The number of nitrogens with two attached hydrogens (primary N) is 1. The first kappa shape index (κ1) is 16.8. The number of hydrogen-bond donors (Lipinski definition) is 2. The minimum absolute atomic E-state index is 0.111. The van der Waals surface area contributed by atoms with Gasteiger partial charge in [0.1, 0.15) is 4.90 Å². The van der Waals surface area contributed by atoms with E-state index in [4.69, 9.17) is 5.14 Å². The zero-order valence-corrected chi connectivity index (χ0v) is 13.9. The molecule has 0 radical (unpaired) electrons. The molecule has 0 aliphatic carbocycles. The monoisotopic (exact) mass is 393 g/mol. The van der Waals surface area contributed by atoms with Crippen molar-refractivity contribution in [2.75, 3.05) is 13.6 Å². The summed E-state index contributed by atoms with van der Waals surface area (Å²) in [6.45, 7) is 0.308. The molecule has 1 aromatic rings. The molecule has 2 rings (SSSR count). The highest BCUT2D eigenvalue weighted by Gasteiger charge is 2.30. The Morgan fingerprint density at radius 2 is 2.14 bits per heavy atom. The predicted octanol–water partition coefficient (Wildman–Crippen LogP) is 0.196. The molecule has 1 aromatic carbocycles. The van der Waals surface area contributed by atoms with Crippen LogP contribution in [-0.4, -0.2) is 44.8 Å². The van der Waals surface area contributed by atoms with Gasteiger partial charge in [-0.25, -0.2) is 17.9 Å². The van der Waals surface area contributed by atoms with Crippen molar-refractivity contribution in [1.82, 2.24) is 10.2 Å². The highest BCUT2D eigenvalue weighted by Crippen LogP contribution is 2.23. The molecule has 2 amide bonds. The fourth-order valence-corrected chi connectivity index (χ4v) is 3.42. The minimum atomic E-state index is -4.30. The number of likely N-dealkylation sites (tertiary alicyclic amines) is 1. The number of hydrogen-bond acceptors (Lipinski definition) is 4. The van der Waals surface area contributed by atoms with Crippen LogP contribution in [0.2, 0.25) is 0 Å². The molecule has 1 saturated heterocycles. The number of sulfonamides is 1. The summed E-state index contributed by atoms with van der Waals surface area (Å²) in [4.78, 5) is 24.2. The Morgan fingerprint density at radius 3 is 2.64 bits per heavy atom. The maximum Gasteiger partial charge on any atom is 0.254 e. The van der Waals surface area contributed by atoms with Gasteiger partial charge < -0.3 is 10.2 Å². The largest absolute Gasteiger partial charge is 0.347 e. The molecule has 1 heterocycles. The van der Waals surface area contributed by atoms with Gasteiger partial charge >= 0.3 is 0 Å². The van der Waals surface area contributed by atoms with Crippen molar-refractivity contribution in [1.29, 1.82) is 0 Å². The number of carbonyl (C=O) groups is 2. The average Bonchev–Trinajstić information content (AvgIpc) is 2.69. The van der Waals surface area contributed by atoms with E-state index in [0.29, 0.717) is 6.54 Å². The van der Waals surface area contributed by atoms with Gasteiger partial charge in [0.05, 0.1) is 11.6 Å². The van der Waals surface area contributed by atoms with Gasteiger partial charge in [-0.05, 0) is 12.1 Å². The number of likely N-dealkylation sites (N-methyl/N-ethyl adjacent to an activating group) is 1. The lowest BCUT2D eigenvalue weighted by molar-refractivity contribution is -0.126. The van der Waals surface area contributed by atoms with Crippen LogP contribution in [0.15, 0.2) is 21.5 Å². The molecule has 10 heteroatoms. The lowest BCUT2D eigenvalue weighted by atomic mass is 10.1. The lowest BCUT2D eigenvalue weighted by Crippen LogP contribution is -2.37. The SMILES string of the molecule is CN1CC(NC(=O)c2cc(Br)cc(S(N)(=O)=O)c2F)CC1=O. The number of nitrogens with one attached hydrogen (secondary N) is 1. The zero-order chi connectivity index (χ0) is 16.7. The highest BCUT2D eigenvalue weighted by molar-refractivity contribution is 9.10. The van der Waals surface area contributed by atoms with Gasteiger partial charge in [0.15, 0.2) is 5.82 Å². The normalized spacial score (nSPS) is 18.6. The maximum atomic E-state index is 14.2. The molecule has 1 unspecified atom stereocenters. The van der Waals surface area contributed by atoms with E-state index < -0.39 is 38.2 Å². The van der Waals surface area contributed by atoms with E-state index in [1.807, 2.05) is 0 Å². The minimum Gasteiger partial charge on any atom is -0.347 e. The lowest BCUT2D eigenvalue weighted by Gasteiger charge is -2.14. The van der Waals surface area contributed by atoms with Gasteiger partial charge in [-0.1, -0.05) is 15.9 Å². The first-order chi connectivity index (χ1) is 10.1. The van der Waals surface area contributed by atoms with Gasteiger partial charge in [-0.2, -0.15) is 0 Å². The topological polar surface area (TPSA) is 110 Å². The third kappa shape index (κ3) is 3.45. The van der Waals surface area contributed by atoms with Crippen LogP contribution in [0, 0.1) is 5.82 Å². The van der Waals surface area contributed by atoms with Crippen molar-refractivity contribution in [3.8, 4) is 0 Å². The number of primary sulfonamides is 1. The van der Waals surface area contributed by atoms with Gasteiger partial charge in [0.2, 0.25) is 15.9 Å². The van der Waals surface area contributed by atoms with Crippen LogP contribution in [0.1, 0.15) is 16.8 Å². The summed E-state index contributed by atoms with van der Waals surface area (Å²) in [6, 6.07) is 1.68. The molecule has 1 aliphatic rings. The Balaban J connectivity index is 2.31. The molecule has 0 spiro atoms. The zero-order valence-electron chi connectivity index (χ0n) is 11.5. The third-order valence-electron chi connectivity index (χ3n) is 3.23. The molecule has 7 nitrogen and oxygen atoms in total. The second-order valence-corrected chi connectivity index (χ2v) is 7.40. The van der Waals surface area contributed by atoms with Crippen molar-refractivity contribution in [2.24, 2.45) is 5.14 Å². The van der Waals surface area contributed by atoms with Gasteiger partial charge in [0, 0.05) is 24.5 Å². The smallest absolute Gasteiger partial charge is 0.254 e. The van der Waals surface area contributed by atoms with Crippen LogP contribution in [-0.2, 0) is 14.8 Å². The summed E-state index contributed by atoms with van der Waals surface area (Å²) >= 11 is 3.01. The molecule has 3 N–H and O–H groups in total. The van der Waals surface area contributed by atoms with Crippen LogP contribution < -0.4 is 10.5 Å². The number of amides is 2. The van der Waals surface area contributed by atoms with E-state index in [1.54, 1.807) is 7.05 Å². The van der Waals surface area contributed by atoms with Crippen molar-refractivity contribution >= 4 is 37.8 Å². The summed E-state index contributed by atoms with van der Waals surface area (Å²) < 4.78 is 37.1. The molecule has 1 atom stereocenters. The molecule has 0 saturated carbocycles. The molecule has 1 aliphatic heterocycles. The first-order valence-electron chi connectivity index (χ1n) is 6.16. The number of rotatable bonds is 3. The summed E-state index contributed by atoms with van der Waals surface area (Å²) in [5.41, 5.74) is -0.458. The van der Waals surface area contributed by atoms with Gasteiger partial charge in [0.25, 0.3) is 5.91 Å². The van der Waals surface area contributed by atoms with Gasteiger partial charge in [-0.3, -0.25) is 9.59 Å². The molecule has 1 fully saturated rings. The molecular formula is C12H13BrFN3O4S. The number of benzene rings is 1. The van der Waals surface area contributed by atoms with Crippen LogP contribution >= 0.6 is 15.9 Å². The quantitative estimate of drug-likeness (QED) is 0.763. The first-order valence-corrected chi connectivity index (χ1v) is 8.50. The van der Waals surface area contributed by atoms with Crippen LogP contribution in [0.3, 0.4) is 0 Å². The predicted molar refractivity (Wildman–Crippen MR) is 79.0 cm³/mol. The van der Waals surface area contributed by atoms with E-state index in [-0.39, 0.29) is 16.8 Å². The molecule has 22 heavy (non-hydrogen) atoms. The van der Waals surface area contributed by atoms with Crippen LogP contribution in [0.25, 0.3) is 0 Å². The van der Waals surface area contributed by atoms with Crippen LogP contribution in [0.4, 0.5) is 4.39 Å². The number of carbonyl (C=O) groups excluding carboxylic acids is 2. The fraction of sp³-hybridized carbons (Fsp3) is 0.333. The van der Waals surface area contributed by atoms with Crippen molar-refractivity contribution in [2.45, 2.75) is 17.4 Å². The van der Waals surface area contributed by atoms with Crippen LogP contribution in [0.5, 0.6) is 0 Å². The van der Waals surface area contributed by atoms with E-state index in [0.717, 1.165) is 12.1 Å². The Kier molecular flexibility index (Phi) is 4.54. The highest BCUT2D eigenvalue weighted by atomic mass is 79.9. The third-order valence-corrected chi connectivity index (χ3v) is 4.60. The molecule has 0 bridgehead atoms. The summed E-state index contributed by atoms with van der Waals surface area (Å²) in [7, 11) is -2.71. The molecular weight excluding hydrogens is 381 g/mol. The van der Waals surface area contributed by atoms with Gasteiger partial charge in [-0.15, -0.1) is 0 Å². The number of halogens is 2. The van der Waals surface area contributed by atoms with Crippen molar-refractivity contribution in [3.05, 3.63) is 28.0 Å². The Bertz CT molecular complexity index is 753. The Labute approximate surface area is 134 Å². The second-order valence-electron chi connectivity index (χ2n) is 4.96. The second kappa shape index (κ2) is 5.94. The summed E-state index contributed by atoms with van der Waals surface area (Å²) in [5, 5.41) is 7.43. The summed E-state index contributed by atoms with van der Waals surface area (Å²) in [5.74, 6) is -2.16. The van der Waals surface area contributed by atoms with Crippen molar-refractivity contribution < 1.29 is 22.4 Å². The Hall–Kier alpha value is -1.52. The standard InChI is InChI=1S/C12H13BrFN3O4S/c1-17-5-7(4-10(17)18)16-12(19)8-2-6(13)3-9(11(8)14)22(15,20)21/h2-3,7H,4-5H2,1H3,(H,16,19)(H2,15,20,21). The maximum absolute atomic E-state index is 14.2. The average molecular weight is 394 g/mol. The van der Waals surface area contributed by atoms with Crippen molar-refractivity contribution in [3.63, 3.8) is 0 Å². The molecule has 120 valence electrons. The molecule has 0 aromatic heterocycles. The number of nitrogens with zero attached hydrogens (tertiary/aromatic N) is 1.